The molecule has 0 aromatic heterocycles. The van der Waals surface area contributed by atoms with Crippen molar-refractivity contribution in [2.75, 3.05) is 33.4 Å². The summed E-state index contributed by atoms with van der Waals surface area (Å²) in [5.41, 5.74) is -0.519. The molecule has 106 valence electrons. The van der Waals surface area contributed by atoms with Gasteiger partial charge in [0, 0.05) is 26.7 Å². The van der Waals surface area contributed by atoms with E-state index in [1.807, 2.05) is 0 Å². The van der Waals surface area contributed by atoms with Gasteiger partial charge in [-0.15, -0.1) is 0 Å². The van der Waals surface area contributed by atoms with Gasteiger partial charge in [0.05, 0.1) is 6.61 Å². The van der Waals surface area contributed by atoms with E-state index < -0.39 is 11.7 Å². The third kappa shape index (κ3) is 11.0. The zero-order chi connectivity index (χ0) is 14.0. The van der Waals surface area contributed by atoms with Crippen LogP contribution in [0.1, 0.15) is 20.8 Å². The van der Waals surface area contributed by atoms with Crippen LogP contribution < -0.4 is 16.0 Å². The third-order valence-electron chi connectivity index (χ3n) is 1.67. The second-order valence-corrected chi connectivity index (χ2v) is 4.60. The minimum atomic E-state index is -0.519. The average molecular weight is 261 g/mol. The predicted molar refractivity (Wildman–Crippen MR) is 67.5 cm³/mol. The third-order valence-corrected chi connectivity index (χ3v) is 1.67. The van der Waals surface area contributed by atoms with Crippen molar-refractivity contribution in [1.29, 1.82) is 0 Å². The van der Waals surface area contributed by atoms with E-state index in [1.54, 1.807) is 27.9 Å². The smallest absolute Gasteiger partial charge is 0.407 e. The van der Waals surface area contributed by atoms with Gasteiger partial charge in [-0.2, -0.15) is 0 Å². The lowest BCUT2D eigenvalue weighted by molar-refractivity contribution is 0.0528. The van der Waals surface area contributed by atoms with Crippen LogP contribution in [0.25, 0.3) is 0 Å². The molecule has 0 rings (SSSR count). The van der Waals surface area contributed by atoms with E-state index in [2.05, 4.69) is 16.0 Å². The standard InChI is InChI=1S/C11H23N3O4/c1-11(2,3)18-10(16)14-6-5-12-9(15)13-7-8-17-4/h5-8H2,1-4H3,(H,14,16)(H2,12,13,15). The normalized spacial score (nSPS) is 10.7. The van der Waals surface area contributed by atoms with Gasteiger partial charge in [-0.3, -0.25) is 0 Å². The minimum Gasteiger partial charge on any atom is -0.444 e. The number of hydrogen-bond donors (Lipinski definition) is 3. The molecule has 0 aromatic rings. The fourth-order valence-corrected chi connectivity index (χ4v) is 0.984. The van der Waals surface area contributed by atoms with Gasteiger partial charge in [-0.25, -0.2) is 9.59 Å². The quantitative estimate of drug-likeness (QED) is 0.606. The van der Waals surface area contributed by atoms with Gasteiger partial charge in [-0.1, -0.05) is 0 Å². The summed E-state index contributed by atoms with van der Waals surface area (Å²) in [4.78, 5) is 22.4. The van der Waals surface area contributed by atoms with E-state index >= 15 is 0 Å². The monoisotopic (exact) mass is 261 g/mol. The van der Waals surface area contributed by atoms with Crippen molar-refractivity contribution >= 4 is 12.1 Å². The van der Waals surface area contributed by atoms with Crippen LogP contribution >= 0.6 is 0 Å². The van der Waals surface area contributed by atoms with Gasteiger partial charge in [0.15, 0.2) is 0 Å². The molecule has 18 heavy (non-hydrogen) atoms. The van der Waals surface area contributed by atoms with Crippen molar-refractivity contribution < 1.29 is 19.1 Å². The lowest BCUT2D eigenvalue weighted by Crippen LogP contribution is -2.42. The van der Waals surface area contributed by atoms with Crippen molar-refractivity contribution in [3.05, 3.63) is 0 Å². The first-order chi connectivity index (χ1) is 8.35. The number of nitrogens with one attached hydrogen (secondary N) is 3. The highest BCUT2D eigenvalue weighted by Crippen LogP contribution is 2.05. The molecule has 3 N–H and O–H groups in total. The van der Waals surface area contributed by atoms with Gasteiger partial charge >= 0.3 is 12.1 Å². The number of ether oxygens (including phenoxy) is 2. The topological polar surface area (TPSA) is 88.7 Å². The summed E-state index contributed by atoms with van der Waals surface area (Å²) < 4.78 is 9.81. The first-order valence-electron chi connectivity index (χ1n) is 5.82. The SMILES string of the molecule is COCCNC(=O)NCCNC(=O)OC(C)(C)C. The van der Waals surface area contributed by atoms with Gasteiger partial charge < -0.3 is 25.4 Å². The van der Waals surface area contributed by atoms with Crippen molar-refractivity contribution in [3.63, 3.8) is 0 Å². The van der Waals surface area contributed by atoms with E-state index in [0.29, 0.717) is 26.2 Å². The summed E-state index contributed by atoms with van der Waals surface area (Å²) in [6.45, 7) is 6.91. The highest BCUT2D eigenvalue weighted by Gasteiger charge is 2.15. The largest absolute Gasteiger partial charge is 0.444 e. The van der Waals surface area contributed by atoms with Crippen LogP contribution in [-0.4, -0.2) is 51.1 Å². The summed E-state index contributed by atoms with van der Waals surface area (Å²) in [5, 5.41) is 7.71. The first-order valence-corrected chi connectivity index (χ1v) is 5.82. The van der Waals surface area contributed by atoms with Crippen molar-refractivity contribution in [1.82, 2.24) is 16.0 Å². The first kappa shape index (κ1) is 16.5. The molecule has 0 fully saturated rings. The maximum absolute atomic E-state index is 11.2. The Balaban J connectivity index is 3.50. The molecular weight excluding hydrogens is 238 g/mol. The van der Waals surface area contributed by atoms with Crippen LogP contribution in [0.5, 0.6) is 0 Å². The Morgan fingerprint density at radius 2 is 1.56 bits per heavy atom. The van der Waals surface area contributed by atoms with E-state index in [4.69, 9.17) is 9.47 Å². The lowest BCUT2D eigenvalue weighted by Gasteiger charge is -2.19. The van der Waals surface area contributed by atoms with Gasteiger partial charge in [0.2, 0.25) is 0 Å². The fraction of sp³-hybridized carbons (Fsp3) is 0.818. The number of amides is 3. The van der Waals surface area contributed by atoms with Gasteiger partial charge in [0.1, 0.15) is 5.60 Å². The maximum atomic E-state index is 11.2. The predicted octanol–water partition coefficient (Wildman–Crippen LogP) is 0.457. The van der Waals surface area contributed by atoms with Crippen LogP contribution in [0, 0.1) is 0 Å². The van der Waals surface area contributed by atoms with Crippen molar-refractivity contribution in [2.24, 2.45) is 0 Å². The van der Waals surface area contributed by atoms with Gasteiger partial charge in [0.25, 0.3) is 0 Å². The average Bonchev–Trinajstić information content (AvgIpc) is 2.22. The summed E-state index contributed by atoms with van der Waals surface area (Å²) in [7, 11) is 1.56. The Labute approximate surface area is 108 Å². The lowest BCUT2D eigenvalue weighted by atomic mass is 10.2. The molecule has 0 aliphatic heterocycles. The van der Waals surface area contributed by atoms with E-state index in [-0.39, 0.29) is 6.03 Å². The van der Waals surface area contributed by atoms with Crippen LogP contribution in [0.15, 0.2) is 0 Å². The number of urea groups is 1. The number of alkyl carbamates (subject to hydrolysis) is 1. The van der Waals surface area contributed by atoms with Crippen LogP contribution in [-0.2, 0) is 9.47 Å². The molecule has 0 unspecified atom stereocenters. The molecule has 0 aliphatic carbocycles. The molecule has 0 saturated heterocycles. The Bertz CT molecular complexity index is 264. The second-order valence-electron chi connectivity index (χ2n) is 4.60. The molecule has 0 heterocycles. The Kier molecular flexibility index (Phi) is 7.86. The summed E-state index contributed by atoms with van der Waals surface area (Å²) in [6, 6.07) is -0.293. The highest BCUT2D eigenvalue weighted by molar-refractivity contribution is 5.73. The zero-order valence-electron chi connectivity index (χ0n) is 11.5. The Morgan fingerprint density at radius 1 is 1.00 bits per heavy atom. The fourth-order valence-electron chi connectivity index (χ4n) is 0.984. The number of carbonyl (C=O) groups is 2. The molecule has 7 heteroatoms. The molecule has 0 spiro atoms. The number of hydrogen-bond acceptors (Lipinski definition) is 4. The van der Waals surface area contributed by atoms with Crippen molar-refractivity contribution in [2.45, 2.75) is 26.4 Å². The maximum Gasteiger partial charge on any atom is 0.407 e. The second kappa shape index (κ2) is 8.57. The number of carbonyl (C=O) groups excluding carboxylic acids is 2. The molecule has 0 radical (unpaired) electrons. The van der Waals surface area contributed by atoms with Gasteiger partial charge in [-0.05, 0) is 20.8 Å². The van der Waals surface area contributed by atoms with Crippen LogP contribution in [0.2, 0.25) is 0 Å². The Morgan fingerprint density at radius 3 is 2.11 bits per heavy atom. The highest BCUT2D eigenvalue weighted by atomic mass is 16.6. The number of methoxy groups -OCH3 is 1. The van der Waals surface area contributed by atoms with Crippen LogP contribution in [0.4, 0.5) is 9.59 Å². The molecule has 7 nitrogen and oxygen atoms in total. The number of rotatable bonds is 6. The Hall–Kier alpha value is -1.50. The summed E-state index contributed by atoms with van der Waals surface area (Å²) in [6.07, 6.45) is -0.496. The summed E-state index contributed by atoms with van der Waals surface area (Å²) in [5.74, 6) is 0. The molecule has 3 amide bonds. The minimum absolute atomic E-state index is 0.293. The van der Waals surface area contributed by atoms with Crippen LogP contribution in [0.3, 0.4) is 0 Å². The molecule has 0 atom stereocenters. The zero-order valence-corrected chi connectivity index (χ0v) is 11.5. The molecule has 0 bridgehead atoms. The van der Waals surface area contributed by atoms with Crippen molar-refractivity contribution in [3.8, 4) is 0 Å². The molecular formula is C11H23N3O4. The summed E-state index contributed by atoms with van der Waals surface area (Å²) >= 11 is 0. The van der Waals surface area contributed by atoms with E-state index in [1.165, 1.54) is 0 Å². The van der Waals surface area contributed by atoms with E-state index in [9.17, 15) is 9.59 Å². The molecule has 0 aromatic carbocycles. The molecule has 0 saturated carbocycles. The van der Waals surface area contributed by atoms with E-state index in [0.717, 1.165) is 0 Å². The molecule has 0 aliphatic rings.